The van der Waals surface area contributed by atoms with Crippen LogP contribution in [-0.2, 0) is 54.6 Å². The van der Waals surface area contributed by atoms with Crippen molar-refractivity contribution in [2.75, 3.05) is 65.2 Å². The number of nitrogens with one attached hydrogen (secondary N) is 1. The van der Waals surface area contributed by atoms with Gasteiger partial charge in [0, 0.05) is 12.0 Å². The standard InChI is InChI=1S/C32H40N2O13S2/c1-21-6-8-27(49(40,41)42)24(20-21)22(2)47-17-16-45-13-12-43-10-11-44-14-15-46-18-19-48(39)26-5-3-4-23-29(26)32(38)34(31(23)37)25-7-9-28(35)33-30(25)36/h3-6,8,20,22,25H,7,9-19H2,1-2H3,(H,33,35,36)(H,40,41,42). The molecule has 2 aromatic carbocycles. The lowest BCUT2D eigenvalue weighted by Crippen LogP contribution is -2.54. The summed E-state index contributed by atoms with van der Waals surface area (Å²) in [5.41, 5.74) is 1.28. The van der Waals surface area contributed by atoms with Gasteiger partial charge in [-0.25, -0.2) is 0 Å². The molecule has 0 aliphatic carbocycles. The highest BCUT2D eigenvalue weighted by Gasteiger charge is 2.47. The smallest absolute Gasteiger partial charge is 0.294 e. The average molecular weight is 725 g/mol. The summed E-state index contributed by atoms with van der Waals surface area (Å²) in [6.45, 7) is 5.91. The van der Waals surface area contributed by atoms with Crippen molar-refractivity contribution in [2.45, 2.75) is 48.6 Å². The quantitative estimate of drug-likeness (QED) is 0.0862. The van der Waals surface area contributed by atoms with Gasteiger partial charge in [-0.1, -0.05) is 23.8 Å². The summed E-state index contributed by atoms with van der Waals surface area (Å²) in [7, 11) is -4.37. The molecule has 17 heteroatoms. The molecule has 4 amide bonds. The van der Waals surface area contributed by atoms with Gasteiger partial charge in [0.05, 0.1) is 76.0 Å². The second-order valence-electron chi connectivity index (χ2n) is 11.2. The van der Waals surface area contributed by atoms with Gasteiger partial charge in [0.15, 0.2) is 4.90 Å². The third kappa shape index (κ3) is 10.4. The van der Waals surface area contributed by atoms with Crippen LogP contribution in [0.5, 0.6) is 0 Å². The van der Waals surface area contributed by atoms with Gasteiger partial charge >= 0.3 is 0 Å². The minimum absolute atomic E-state index is 0.00202. The van der Waals surface area contributed by atoms with E-state index in [2.05, 4.69) is 5.32 Å². The Hall–Kier alpha value is -3.26. The van der Waals surface area contributed by atoms with Crippen LogP contribution in [0.3, 0.4) is 0 Å². The lowest BCUT2D eigenvalue weighted by atomic mass is 10.0. The molecule has 2 heterocycles. The van der Waals surface area contributed by atoms with Crippen LogP contribution >= 0.6 is 0 Å². The molecule has 1 saturated heterocycles. The molecule has 4 rings (SSSR count). The van der Waals surface area contributed by atoms with Crippen molar-refractivity contribution in [1.82, 2.24) is 10.2 Å². The molecule has 2 aliphatic rings. The minimum atomic E-state index is -4.37. The van der Waals surface area contributed by atoms with Crippen molar-refractivity contribution in [2.24, 2.45) is 0 Å². The van der Waals surface area contributed by atoms with E-state index in [1.54, 1.807) is 19.1 Å². The fourth-order valence-electron chi connectivity index (χ4n) is 5.27. The van der Waals surface area contributed by atoms with Crippen LogP contribution in [0.15, 0.2) is 46.2 Å². The zero-order chi connectivity index (χ0) is 35.6. The van der Waals surface area contributed by atoms with Crippen LogP contribution in [0.4, 0.5) is 0 Å². The van der Waals surface area contributed by atoms with E-state index >= 15 is 0 Å². The Morgan fingerprint density at radius 3 is 2.14 bits per heavy atom. The molecule has 1 fully saturated rings. The fraction of sp³-hybridized carbons (Fsp3) is 0.500. The monoisotopic (exact) mass is 724 g/mol. The third-order valence-electron chi connectivity index (χ3n) is 7.68. The highest BCUT2D eigenvalue weighted by Crippen LogP contribution is 2.32. The maximum Gasteiger partial charge on any atom is 0.294 e. The molecule has 2 N–H and O–H groups in total. The molecule has 0 spiro atoms. The first kappa shape index (κ1) is 38.5. The Kier molecular flexibility index (Phi) is 14.2. The number of fused-ring (bicyclic) bond motifs is 1. The van der Waals surface area contributed by atoms with Gasteiger partial charge in [0.25, 0.3) is 21.9 Å². The van der Waals surface area contributed by atoms with Gasteiger partial charge in [-0.2, -0.15) is 8.42 Å². The first-order valence-electron chi connectivity index (χ1n) is 15.6. The van der Waals surface area contributed by atoms with Gasteiger partial charge < -0.3 is 28.2 Å². The van der Waals surface area contributed by atoms with Crippen LogP contribution in [-0.4, -0.2) is 117 Å². The Bertz CT molecular complexity index is 1620. The zero-order valence-electron chi connectivity index (χ0n) is 27.2. The van der Waals surface area contributed by atoms with Gasteiger partial charge in [0.2, 0.25) is 11.8 Å². The minimum Gasteiger partial charge on any atom is -0.611 e. The molecule has 3 atom stereocenters. The van der Waals surface area contributed by atoms with Gasteiger partial charge in [-0.15, -0.1) is 0 Å². The molecule has 268 valence electrons. The number of carbonyl (C=O) groups excluding carboxylic acids is 4. The number of hydrogen-bond acceptors (Lipinski definition) is 12. The summed E-state index contributed by atoms with van der Waals surface area (Å²) in [5.74, 6) is -2.48. The van der Waals surface area contributed by atoms with Crippen molar-refractivity contribution in [1.29, 1.82) is 0 Å². The summed E-state index contributed by atoms with van der Waals surface area (Å²) < 4.78 is 73.4. The third-order valence-corrected chi connectivity index (χ3v) is 9.98. The topological polar surface area (TPSA) is 207 Å². The molecule has 3 unspecified atom stereocenters. The summed E-state index contributed by atoms with van der Waals surface area (Å²) in [6, 6.07) is 8.00. The number of nitrogens with zero attached hydrogens (tertiary/aromatic N) is 1. The molecule has 2 aromatic rings. The molecule has 0 radical (unpaired) electrons. The Morgan fingerprint density at radius 1 is 0.918 bits per heavy atom. The Morgan fingerprint density at radius 2 is 1.53 bits per heavy atom. The first-order chi connectivity index (χ1) is 23.4. The molecule has 49 heavy (non-hydrogen) atoms. The summed E-state index contributed by atoms with van der Waals surface area (Å²) in [6.07, 6.45) is -0.529. The fourth-order valence-corrected chi connectivity index (χ4v) is 7.18. The van der Waals surface area contributed by atoms with Gasteiger partial charge in [0.1, 0.15) is 17.4 Å². The number of carbonyl (C=O) groups is 4. The lowest BCUT2D eigenvalue weighted by Gasteiger charge is -2.27. The number of aryl methyl sites for hydroxylation is 1. The van der Waals surface area contributed by atoms with E-state index in [9.17, 15) is 36.7 Å². The van der Waals surface area contributed by atoms with Crippen LogP contribution < -0.4 is 5.32 Å². The first-order valence-corrected chi connectivity index (χ1v) is 18.4. The average Bonchev–Trinajstić information content (AvgIpc) is 3.31. The van der Waals surface area contributed by atoms with E-state index in [1.807, 2.05) is 6.92 Å². The van der Waals surface area contributed by atoms with Crippen LogP contribution in [0.25, 0.3) is 0 Å². The van der Waals surface area contributed by atoms with Crippen LogP contribution in [0.1, 0.15) is 57.7 Å². The lowest BCUT2D eigenvalue weighted by molar-refractivity contribution is -0.136. The molecular weight excluding hydrogens is 684 g/mol. The highest BCUT2D eigenvalue weighted by molar-refractivity contribution is 7.91. The number of amides is 4. The van der Waals surface area contributed by atoms with E-state index in [-0.39, 0.29) is 72.5 Å². The van der Waals surface area contributed by atoms with E-state index in [0.717, 1.165) is 10.5 Å². The SMILES string of the molecule is Cc1ccc(S(=O)(=O)O)c(C(C)OCCOCCOCCOCCOCC[S+]([O-])c2cccc3c2C(=O)N(C2CCC(=O)NC2=O)C3=O)c1. The zero-order valence-corrected chi connectivity index (χ0v) is 28.8. The number of hydrogen-bond donors (Lipinski definition) is 2. The van der Waals surface area contributed by atoms with Gasteiger partial charge in [-0.05, 0) is 49.6 Å². The van der Waals surface area contributed by atoms with E-state index in [1.165, 1.54) is 24.3 Å². The normalized spacial score (nSPS) is 17.7. The maximum absolute atomic E-state index is 13.2. The number of benzene rings is 2. The summed E-state index contributed by atoms with van der Waals surface area (Å²) >= 11 is -1.66. The van der Waals surface area contributed by atoms with Crippen LogP contribution in [0.2, 0.25) is 0 Å². The number of piperidine rings is 1. The van der Waals surface area contributed by atoms with E-state index in [4.69, 9.17) is 23.7 Å². The molecule has 0 saturated carbocycles. The Balaban J connectivity index is 1.04. The highest BCUT2D eigenvalue weighted by atomic mass is 32.2. The summed E-state index contributed by atoms with van der Waals surface area (Å²) in [5, 5.41) is 2.15. The van der Waals surface area contributed by atoms with Gasteiger partial charge in [-0.3, -0.25) is 33.9 Å². The maximum atomic E-state index is 13.2. The van der Waals surface area contributed by atoms with Crippen molar-refractivity contribution < 1.29 is 60.4 Å². The number of rotatable bonds is 20. The predicted octanol–water partition coefficient (Wildman–Crippen LogP) is 1.59. The summed E-state index contributed by atoms with van der Waals surface area (Å²) in [4.78, 5) is 50.8. The van der Waals surface area contributed by atoms with Crippen molar-refractivity contribution in [3.63, 3.8) is 0 Å². The number of imide groups is 2. The molecule has 0 aromatic heterocycles. The predicted molar refractivity (Wildman–Crippen MR) is 173 cm³/mol. The molecule has 15 nitrogen and oxygen atoms in total. The van der Waals surface area contributed by atoms with Crippen molar-refractivity contribution >= 4 is 44.9 Å². The molecular formula is C32H40N2O13S2. The Labute approximate surface area is 287 Å². The van der Waals surface area contributed by atoms with Crippen molar-refractivity contribution in [3.05, 3.63) is 58.7 Å². The second-order valence-corrected chi connectivity index (χ2v) is 14.1. The second kappa shape index (κ2) is 18.1. The molecule has 0 bridgehead atoms. The van der Waals surface area contributed by atoms with Crippen molar-refractivity contribution in [3.8, 4) is 0 Å². The molecule has 2 aliphatic heterocycles. The van der Waals surface area contributed by atoms with Crippen LogP contribution in [0, 0.1) is 6.92 Å². The number of ether oxygens (including phenoxy) is 5. The van der Waals surface area contributed by atoms with E-state index < -0.39 is 57.1 Å². The van der Waals surface area contributed by atoms with E-state index in [0.29, 0.717) is 32.0 Å². The largest absolute Gasteiger partial charge is 0.611 e.